The Balaban J connectivity index is 1.72. The molecule has 0 bridgehead atoms. The van der Waals surface area contributed by atoms with Crippen LogP contribution >= 0.6 is 0 Å². The first kappa shape index (κ1) is 14.9. The van der Waals surface area contributed by atoms with Crippen LogP contribution in [0.25, 0.3) is 0 Å². The molecule has 1 aliphatic heterocycles. The lowest BCUT2D eigenvalue weighted by atomic mass is 10.1. The van der Waals surface area contributed by atoms with Gasteiger partial charge in [0.15, 0.2) is 11.5 Å². The van der Waals surface area contributed by atoms with E-state index < -0.39 is 5.97 Å². The standard InChI is InChI=1S/C17H15NO5/c1-21-17(20)11-2-5-13(6-3-11)18-16(19)12-4-7-14-15(10-12)23-9-8-22-14/h2-7,10H,8-9H2,1H3,(H,18,19). The Bertz CT molecular complexity index is 739. The molecule has 1 heterocycles. The topological polar surface area (TPSA) is 73.9 Å². The predicted octanol–water partition coefficient (Wildman–Crippen LogP) is 2.50. The minimum absolute atomic E-state index is 0.271. The molecule has 0 aliphatic carbocycles. The number of benzene rings is 2. The molecule has 118 valence electrons. The van der Waals surface area contributed by atoms with E-state index in [1.807, 2.05) is 0 Å². The highest BCUT2D eigenvalue weighted by Crippen LogP contribution is 2.30. The number of carbonyl (C=O) groups excluding carboxylic acids is 2. The Kier molecular flexibility index (Phi) is 4.14. The number of hydrogen-bond acceptors (Lipinski definition) is 5. The highest BCUT2D eigenvalue weighted by Gasteiger charge is 2.15. The molecule has 0 fully saturated rings. The smallest absolute Gasteiger partial charge is 0.337 e. The summed E-state index contributed by atoms with van der Waals surface area (Å²) >= 11 is 0. The lowest BCUT2D eigenvalue weighted by Crippen LogP contribution is -2.17. The van der Waals surface area contributed by atoms with Gasteiger partial charge >= 0.3 is 5.97 Å². The summed E-state index contributed by atoms with van der Waals surface area (Å²) in [6, 6.07) is 11.5. The van der Waals surface area contributed by atoms with E-state index in [2.05, 4.69) is 10.1 Å². The summed E-state index contributed by atoms with van der Waals surface area (Å²) < 4.78 is 15.5. The van der Waals surface area contributed by atoms with Gasteiger partial charge in [0, 0.05) is 11.3 Å². The summed E-state index contributed by atoms with van der Waals surface area (Å²) in [6.07, 6.45) is 0. The van der Waals surface area contributed by atoms with E-state index in [1.165, 1.54) is 7.11 Å². The van der Waals surface area contributed by atoms with Crippen molar-refractivity contribution in [3.8, 4) is 11.5 Å². The Labute approximate surface area is 133 Å². The molecule has 6 nitrogen and oxygen atoms in total. The number of carbonyl (C=O) groups is 2. The van der Waals surface area contributed by atoms with Gasteiger partial charge in [-0.1, -0.05) is 0 Å². The van der Waals surface area contributed by atoms with Crippen LogP contribution in [0.4, 0.5) is 5.69 Å². The first-order valence-corrected chi connectivity index (χ1v) is 7.07. The van der Waals surface area contributed by atoms with Crippen molar-refractivity contribution in [1.82, 2.24) is 0 Å². The zero-order valence-corrected chi connectivity index (χ0v) is 12.5. The molecular formula is C17H15NO5. The number of rotatable bonds is 3. The zero-order chi connectivity index (χ0) is 16.2. The molecule has 2 aromatic rings. The average Bonchev–Trinajstić information content (AvgIpc) is 2.61. The monoisotopic (exact) mass is 313 g/mol. The minimum Gasteiger partial charge on any atom is -0.486 e. The molecule has 3 rings (SSSR count). The van der Waals surface area contributed by atoms with E-state index in [-0.39, 0.29) is 5.91 Å². The second-order valence-corrected chi connectivity index (χ2v) is 4.88. The fourth-order valence-electron chi connectivity index (χ4n) is 2.20. The van der Waals surface area contributed by atoms with Gasteiger partial charge < -0.3 is 19.5 Å². The number of fused-ring (bicyclic) bond motifs is 1. The van der Waals surface area contributed by atoms with Gasteiger partial charge in [-0.25, -0.2) is 4.79 Å². The summed E-state index contributed by atoms with van der Waals surface area (Å²) in [5, 5.41) is 2.76. The zero-order valence-electron chi connectivity index (χ0n) is 12.5. The van der Waals surface area contributed by atoms with Crippen LogP contribution in [0.15, 0.2) is 42.5 Å². The van der Waals surface area contributed by atoms with E-state index >= 15 is 0 Å². The van der Waals surface area contributed by atoms with Crippen LogP contribution in [0, 0.1) is 0 Å². The maximum atomic E-state index is 12.3. The SMILES string of the molecule is COC(=O)c1ccc(NC(=O)c2ccc3c(c2)OCCO3)cc1. The van der Waals surface area contributed by atoms with Gasteiger partial charge in [-0.2, -0.15) is 0 Å². The van der Waals surface area contributed by atoms with E-state index in [1.54, 1.807) is 42.5 Å². The molecular weight excluding hydrogens is 298 g/mol. The van der Waals surface area contributed by atoms with Gasteiger partial charge in [0.25, 0.3) is 5.91 Å². The average molecular weight is 313 g/mol. The molecule has 0 saturated heterocycles. The number of amides is 1. The fraction of sp³-hybridized carbons (Fsp3) is 0.176. The van der Waals surface area contributed by atoms with Crippen molar-refractivity contribution < 1.29 is 23.8 Å². The summed E-state index contributed by atoms with van der Waals surface area (Å²) in [5.41, 5.74) is 1.47. The van der Waals surface area contributed by atoms with Crippen molar-refractivity contribution >= 4 is 17.6 Å². The number of esters is 1. The van der Waals surface area contributed by atoms with Crippen LogP contribution in [-0.4, -0.2) is 32.2 Å². The quantitative estimate of drug-likeness (QED) is 0.881. The molecule has 0 aromatic heterocycles. The third kappa shape index (κ3) is 3.26. The third-order valence-corrected chi connectivity index (χ3v) is 3.37. The van der Waals surface area contributed by atoms with Crippen molar-refractivity contribution in [2.75, 3.05) is 25.6 Å². The fourth-order valence-corrected chi connectivity index (χ4v) is 2.20. The third-order valence-electron chi connectivity index (χ3n) is 3.37. The van der Waals surface area contributed by atoms with Crippen LogP contribution in [0.5, 0.6) is 11.5 Å². The van der Waals surface area contributed by atoms with Crippen molar-refractivity contribution in [2.45, 2.75) is 0 Å². The summed E-state index contributed by atoms with van der Waals surface area (Å²) in [7, 11) is 1.32. The normalized spacial score (nSPS) is 12.4. The maximum absolute atomic E-state index is 12.3. The van der Waals surface area contributed by atoms with Crippen molar-refractivity contribution in [1.29, 1.82) is 0 Å². The van der Waals surface area contributed by atoms with Gasteiger partial charge in [0.05, 0.1) is 12.7 Å². The minimum atomic E-state index is -0.422. The Morgan fingerprint density at radius 1 is 0.957 bits per heavy atom. The number of nitrogens with one attached hydrogen (secondary N) is 1. The molecule has 1 amide bonds. The Morgan fingerprint density at radius 3 is 2.30 bits per heavy atom. The predicted molar refractivity (Wildman–Crippen MR) is 83.2 cm³/mol. The molecule has 1 N–H and O–H groups in total. The lowest BCUT2D eigenvalue weighted by Gasteiger charge is -2.18. The first-order valence-electron chi connectivity index (χ1n) is 7.07. The molecule has 0 atom stereocenters. The molecule has 0 unspecified atom stereocenters. The number of hydrogen-bond donors (Lipinski definition) is 1. The van der Waals surface area contributed by atoms with Crippen LogP contribution in [-0.2, 0) is 4.74 Å². The van der Waals surface area contributed by atoms with Gasteiger partial charge in [-0.15, -0.1) is 0 Å². The number of methoxy groups -OCH3 is 1. The van der Waals surface area contributed by atoms with Gasteiger partial charge in [-0.3, -0.25) is 4.79 Å². The highest BCUT2D eigenvalue weighted by atomic mass is 16.6. The summed E-state index contributed by atoms with van der Waals surface area (Å²) in [4.78, 5) is 23.6. The van der Waals surface area contributed by atoms with Gasteiger partial charge in [0.2, 0.25) is 0 Å². The van der Waals surface area contributed by atoms with Crippen LogP contribution in [0.1, 0.15) is 20.7 Å². The van der Waals surface area contributed by atoms with Gasteiger partial charge in [-0.05, 0) is 42.5 Å². The van der Waals surface area contributed by atoms with E-state index in [9.17, 15) is 9.59 Å². The van der Waals surface area contributed by atoms with Crippen molar-refractivity contribution in [3.63, 3.8) is 0 Å². The second-order valence-electron chi connectivity index (χ2n) is 4.88. The van der Waals surface area contributed by atoms with Crippen LogP contribution < -0.4 is 14.8 Å². The number of ether oxygens (including phenoxy) is 3. The van der Waals surface area contributed by atoms with Crippen LogP contribution in [0.2, 0.25) is 0 Å². The Morgan fingerprint density at radius 2 is 1.61 bits per heavy atom. The highest BCUT2D eigenvalue weighted by molar-refractivity contribution is 6.04. The van der Waals surface area contributed by atoms with Crippen LogP contribution in [0.3, 0.4) is 0 Å². The molecule has 1 aliphatic rings. The first-order chi connectivity index (χ1) is 11.2. The van der Waals surface area contributed by atoms with E-state index in [0.717, 1.165) is 0 Å². The van der Waals surface area contributed by atoms with E-state index in [4.69, 9.17) is 9.47 Å². The number of anilines is 1. The Hall–Kier alpha value is -3.02. The van der Waals surface area contributed by atoms with Crippen molar-refractivity contribution in [2.24, 2.45) is 0 Å². The molecule has 2 aromatic carbocycles. The summed E-state index contributed by atoms with van der Waals surface area (Å²) in [5.74, 6) is 0.502. The lowest BCUT2D eigenvalue weighted by molar-refractivity contribution is 0.0600. The molecule has 0 saturated carbocycles. The van der Waals surface area contributed by atoms with Gasteiger partial charge in [0.1, 0.15) is 13.2 Å². The summed E-state index contributed by atoms with van der Waals surface area (Å²) in [6.45, 7) is 0.970. The maximum Gasteiger partial charge on any atom is 0.337 e. The van der Waals surface area contributed by atoms with Crippen molar-refractivity contribution in [3.05, 3.63) is 53.6 Å². The largest absolute Gasteiger partial charge is 0.486 e. The molecule has 0 radical (unpaired) electrons. The molecule has 23 heavy (non-hydrogen) atoms. The van der Waals surface area contributed by atoms with E-state index in [0.29, 0.717) is 41.5 Å². The second kappa shape index (κ2) is 6.39. The molecule has 0 spiro atoms. The molecule has 6 heteroatoms.